The third-order valence-electron chi connectivity index (χ3n) is 4.31. The van der Waals surface area contributed by atoms with E-state index in [1.54, 1.807) is 0 Å². The number of hydrogen-bond acceptors (Lipinski definition) is 2. The molecule has 0 aliphatic rings. The molecule has 0 aliphatic carbocycles. The minimum atomic E-state index is -0.769. The van der Waals surface area contributed by atoms with Crippen molar-refractivity contribution in [1.82, 2.24) is 0 Å². The van der Waals surface area contributed by atoms with Crippen LogP contribution in [-0.4, -0.2) is 23.5 Å². The van der Waals surface area contributed by atoms with Gasteiger partial charge in [0, 0.05) is 24.4 Å². The molecule has 0 saturated heterocycles. The van der Waals surface area contributed by atoms with E-state index in [0.717, 1.165) is 29.7 Å². The van der Waals surface area contributed by atoms with Crippen LogP contribution in [-0.2, 0) is 9.59 Å². The monoisotopic (exact) mass is 353 g/mol. The summed E-state index contributed by atoms with van der Waals surface area (Å²) in [5, 5.41) is 8.76. The molecule has 4 heteroatoms. The molecule has 0 spiro atoms. The van der Waals surface area contributed by atoms with E-state index in [9.17, 15) is 9.59 Å². The van der Waals surface area contributed by atoms with Crippen LogP contribution >= 0.6 is 0 Å². The molecular formula is C22H27NO3. The number of rotatable bonds is 9. The largest absolute Gasteiger partial charge is 0.481 e. The second-order valence-corrected chi connectivity index (χ2v) is 6.73. The van der Waals surface area contributed by atoms with E-state index < -0.39 is 5.97 Å². The first-order valence-electron chi connectivity index (χ1n) is 9.18. The molecule has 26 heavy (non-hydrogen) atoms. The van der Waals surface area contributed by atoms with Crippen molar-refractivity contribution in [3.63, 3.8) is 0 Å². The van der Waals surface area contributed by atoms with Crippen LogP contribution in [0.1, 0.15) is 39.5 Å². The molecule has 0 aromatic heterocycles. The third-order valence-corrected chi connectivity index (χ3v) is 4.31. The van der Waals surface area contributed by atoms with Gasteiger partial charge in [-0.05, 0) is 24.5 Å². The Balaban J connectivity index is 2.23. The van der Waals surface area contributed by atoms with Gasteiger partial charge in [-0.1, -0.05) is 68.8 Å². The standard InChI is InChI=1S/C22H27NO3/c1-17(2)22(26)23(16-10-4-7-15-21(24)25)20-14-9-8-13-19(20)18-11-5-3-6-12-18/h3,5-6,8-9,11-14,17H,4,7,10,15-16H2,1-2H3,(H,24,25). The average Bonchev–Trinajstić information content (AvgIpc) is 2.64. The number of nitrogens with zero attached hydrogens (tertiary/aromatic N) is 1. The van der Waals surface area contributed by atoms with Gasteiger partial charge < -0.3 is 10.0 Å². The summed E-state index contributed by atoms with van der Waals surface area (Å²) in [7, 11) is 0. The minimum absolute atomic E-state index is 0.0895. The number of carbonyl (C=O) groups excluding carboxylic acids is 1. The zero-order valence-corrected chi connectivity index (χ0v) is 15.5. The summed E-state index contributed by atoms with van der Waals surface area (Å²) in [5.74, 6) is -0.779. The Hall–Kier alpha value is -2.62. The van der Waals surface area contributed by atoms with Crippen molar-refractivity contribution in [1.29, 1.82) is 0 Å². The van der Waals surface area contributed by atoms with Crippen LogP contribution in [0.2, 0.25) is 0 Å². The fourth-order valence-corrected chi connectivity index (χ4v) is 2.95. The molecule has 4 nitrogen and oxygen atoms in total. The summed E-state index contributed by atoms with van der Waals surface area (Å²) >= 11 is 0. The number of carboxylic acid groups (broad SMARTS) is 1. The molecule has 0 bridgehead atoms. The second kappa shape index (κ2) is 9.76. The number of para-hydroxylation sites is 1. The predicted octanol–water partition coefficient (Wildman–Crippen LogP) is 4.99. The number of carbonyl (C=O) groups is 2. The number of aliphatic carboxylic acids is 1. The Kier molecular flexibility index (Phi) is 7.39. The molecule has 0 atom stereocenters. The number of benzene rings is 2. The van der Waals surface area contributed by atoms with Gasteiger partial charge in [0.25, 0.3) is 0 Å². The summed E-state index contributed by atoms with van der Waals surface area (Å²) in [4.78, 5) is 25.3. The molecule has 0 saturated carbocycles. The molecule has 1 amide bonds. The first-order chi connectivity index (χ1) is 12.5. The van der Waals surface area contributed by atoms with Gasteiger partial charge in [-0.15, -0.1) is 0 Å². The van der Waals surface area contributed by atoms with Gasteiger partial charge >= 0.3 is 5.97 Å². The molecule has 1 N–H and O–H groups in total. The third kappa shape index (κ3) is 5.45. The van der Waals surface area contributed by atoms with Crippen molar-refractivity contribution in [2.24, 2.45) is 5.92 Å². The Morgan fingerprint density at radius 2 is 1.58 bits per heavy atom. The maximum atomic E-state index is 12.8. The highest BCUT2D eigenvalue weighted by atomic mass is 16.4. The molecule has 138 valence electrons. The molecule has 0 radical (unpaired) electrons. The van der Waals surface area contributed by atoms with E-state index in [2.05, 4.69) is 0 Å². The van der Waals surface area contributed by atoms with Crippen LogP contribution in [0.4, 0.5) is 5.69 Å². The van der Waals surface area contributed by atoms with Gasteiger partial charge in [0.05, 0.1) is 5.69 Å². The maximum Gasteiger partial charge on any atom is 0.303 e. The lowest BCUT2D eigenvalue weighted by Crippen LogP contribution is -2.35. The zero-order chi connectivity index (χ0) is 18.9. The fourth-order valence-electron chi connectivity index (χ4n) is 2.95. The van der Waals surface area contributed by atoms with Gasteiger partial charge in [0.1, 0.15) is 0 Å². The van der Waals surface area contributed by atoms with Crippen molar-refractivity contribution in [2.45, 2.75) is 39.5 Å². The molecule has 0 aliphatic heterocycles. The van der Waals surface area contributed by atoms with Gasteiger partial charge in [0.15, 0.2) is 0 Å². The number of amides is 1. The molecule has 0 fully saturated rings. The molecule has 0 unspecified atom stereocenters. The van der Waals surface area contributed by atoms with Crippen molar-refractivity contribution in [3.05, 3.63) is 54.6 Å². The topological polar surface area (TPSA) is 57.6 Å². The van der Waals surface area contributed by atoms with Crippen molar-refractivity contribution < 1.29 is 14.7 Å². The first-order valence-corrected chi connectivity index (χ1v) is 9.18. The number of unbranched alkanes of at least 4 members (excludes halogenated alkanes) is 2. The Morgan fingerprint density at radius 3 is 2.23 bits per heavy atom. The zero-order valence-electron chi connectivity index (χ0n) is 15.5. The SMILES string of the molecule is CC(C)C(=O)N(CCCCCC(=O)O)c1ccccc1-c1ccccc1. The second-order valence-electron chi connectivity index (χ2n) is 6.73. The number of anilines is 1. The van der Waals surface area contributed by atoms with E-state index in [4.69, 9.17) is 5.11 Å². The highest BCUT2D eigenvalue weighted by molar-refractivity contribution is 5.98. The van der Waals surface area contributed by atoms with Gasteiger partial charge in [-0.2, -0.15) is 0 Å². The van der Waals surface area contributed by atoms with Crippen LogP contribution in [0.3, 0.4) is 0 Å². The van der Waals surface area contributed by atoms with Crippen molar-refractivity contribution >= 4 is 17.6 Å². The van der Waals surface area contributed by atoms with Crippen molar-refractivity contribution in [3.8, 4) is 11.1 Å². The minimum Gasteiger partial charge on any atom is -0.481 e. The highest BCUT2D eigenvalue weighted by Crippen LogP contribution is 2.31. The number of carboxylic acids is 1. The molecule has 2 aromatic carbocycles. The van der Waals surface area contributed by atoms with E-state index in [0.29, 0.717) is 13.0 Å². The van der Waals surface area contributed by atoms with E-state index in [1.165, 1.54) is 0 Å². The lowest BCUT2D eigenvalue weighted by molar-refractivity contribution is -0.137. The summed E-state index contributed by atoms with van der Waals surface area (Å²) in [5.41, 5.74) is 3.03. The molecule has 2 rings (SSSR count). The van der Waals surface area contributed by atoms with E-state index in [-0.39, 0.29) is 18.2 Å². The van der Waals surface area contributed by atoms with Gasteiger partial charge in [-0.25, -0.2) is 0 Å². The summed E-state index contributed by atoms with van der Waals surface area (Å²) in [6, 6.07) is 18.0. The van der Waals surface area contributed by atoms with Crippen LogP contribution in [0.25, 0.3) is 11.1 Å². The summed E-state index contributed by atoms with van der Waals surface area (Å²) in [6.45, 7) is 4.41. The van der Waals surface area contributed by atoms with Crippen LogP contribution in [0.5, 0.6) is 0 Å². The smallest absolute Gasteiger partial charge is 0.303 e. The predicted molar refractivity (Wildman–Crippen MR) is 105 cm³/mol. The lowest BCUT2D eigenvalue weighted by atomic mass is 10.0. The quantitative estimate of drug-likeness (QED) is 0.646. The Morgan fingerprint density at radius 1 is 0.923 bits per heavy atom. The lowest BCUT2D eigenvalue weighted by Gasteiger charge is -2.27. The first kappa shape index (κ1) is 19.7. The normalized spacial score (nSPS) is 10.7. The maximum absolute atomic E-state index is 12.8. The van der Waals surface area contributed by atoms with Crippen LogP contribution < -0.4 is 4.90 Å². The molecule has 0 heterocycles. The van der Waals surface area contributed by atoms with Crippen LogP contribution in [0, 0.1) is 5.92 Å². The van der Waals surface area contributed by atoms with Crippen molar-refractivity contribution in [2.75, 3.05) is 11.4 Å². The molecular weight excluding hydrogens is 326 g/mol. The average molecular weight is 353 g/mol. The van der Waals surface area contributed by atoms with Gasteiger partial charge in [0.2, 0.25) is 5.91 Å². The summed E-state index contributed by atoms with van der Waals surface area (Å²) < 4.78 is 0. The van der Waals surface area contributed by atoms with Crippen LogP contribution in [0.15, 0.2) is 54.6 Å². The number of hydrogen-bond donors (Lipinski definition) is 1. The molecule has 2 aromatic rings. The summed E-state index contributed by atoms with van der Waals surface area (Å²) in [6.07, 6.45) is 2.40. The van der Waals surface area contributed by atoms with E-state index >= 15 is 0 Å². The Labute approximate surface area is 155 Å². The fraction of sp³-hybridized carbons (Fsp3) is 0.364. The van der Waals surface area contributed by atoms with Gasteiger partial charge in [-0.3, -0.25) is 9.59 Å². The van der Waals surface area contributed by atoms with E-state index in [1.807, 2.05) is 73.3 Å². The highest BCUT2D eigenvalue weighted by Gasteiger charge is 2.21. The Bertz CT molecular complexity index is 725.